The van der Waals surface area contributed by atoms with Crippen LogP contribution in [0.25, 0.3) is 11.3 Å². The molecule has 0 saturated carbocycles. The number of nitrogens with one attached hydrogen (secondary N) is 1. The largest absolute Gasteiger partial charge is 0.382 e. The minimum atomic E-state index is -0.171. The predicted molar refractivity (Wildman–Crippen MR) is 86.7 cm³/mol. The number of nitrogen functional groups attached to an aromatic ring is 1. The highest BCUT2D eigenvalue weighted by molar-refractivity contribution is 6.06. The second-order valence-corrected chi connectivity index (χ2v) is 4.96. The van der Waals surface area contributed by atoms with E-state index in [0.717, 1.165) is 11.3 Å². The molecule has 3 rings (SSSR count). The molecule has 6 heteroatoms. The van der Waals surface area contributed by atoms with E-state index in [9.17, 15) is 4.79 Å². The summed E-state index contributed by atoms with van der Waals surface area (Å²) in [7, 11) is 0. The number of aryl methyl sites for hydroxylation is 1. The SMILES string of the molecule is C/C(=N\c1c(C)ncnc1N)c1c2cccccc-2[nH]c1=O. The zero-order valence-electron chi connectivity index (χ0n) is 12.3. The molecule has 0 unspecified atom stereocenters. The number of hydrogen-bond donors (Lipinski definition) is 2. The highest BCUT2D eigenvalue weighted by Gasteiger charge is 2.17. The lowest BCUT2D eigenvalue weighted by atomic mass is 10.1. The average molecular weight is 293 g/mol. The summed E-state index contributed by atoms with van der Waals surface area (Å²) in [5.74, 6) is 0.296. The maximum Gasteiger partial charge on any atom is 0.258 e. The fourth-order valence-electron chi connectivity index (χ4n) is 2.39. The molecule has 0 spiro atoms. The molecule has 6 nitrogen and oxygen atoms in total. The van der Waals surface area contributed by atoms with Gasteiger partial charge >= 0.3 is 0 Å². The van der Waals surface area contributed by atoms with Gasteiger partial charge in [0.25, 0.3) is 5.56 Å². The van der Waals surface area contributed by atoms with Gasteiger partial charge in [-0.15, -0.1) is 0 Å². The molecule has 110 valence electrons. The van der Waals surface area contributed by atoms with Gasteiger partial charge in [0.05, 0.1) is 17.0 Å². The van der Waals surface area contributed by atoms with E-state index in [1.165, 1.54) is 6.33 Å². The first-order chi connectivity index (χ1) is 10.6. The van der Waals surface area contributed by atoms with Crippen LogP contribution in [-0.2, 0) is 0 Å². The topological polar surface area (TPSA) is 97.0 Å². The van der Waals surface area contributed by atoms with E-state index < -0.39 is 0 Å². The Balaban J connectivity index is 2.19. The third-order valence-electron chi connectivity index (χ3n) is 3.46. The normalized spacial score (nSPS) is 11.8. The number of H-pyrrole nitrogens is 1. The molecule has 1 aliphatic heterocycles. The van der Waals surface area contributed by atoms with Gasteiger partial charge in [-0.3, -0.25) is 4.79 Å². The van der Waals surface area contributed by atoms with E-state index in [1.54, 1.807) is 13.8 Å². The molecular weight excluding hydrogens is 278 g/mol. The van der Waals surface area contributed by atoms with Gasteiger partial charge in [-0.1, -0.05) is 24.3 Å². The molecule has 0 saturated heterocycles. The second kappa shape index (κ2) is 5.40. The van der Waals surface area contributed by atoms with Crippen LogP contribution in [0.15, 0.2) is 46.4 Å². The third kappa shape index (κ3) is 2.35. The molecule has 0 atom stereocenters. The van der Waals surface area contributed by atoms with Crippen molar-refractivity contribution in [1.29, 1.82) is 0 Å². The summed E-state index contributed by atoms with van der Waals surface area (Å²) in [6.07, 6.45) is 1.39. The third-order valence-corrected chi connectivity index (χ3v) is 3.46. The number of rotatable bonds is 2. The standard InChI is InChI=1S/C16H15N5O/c1-9(20-14-10(2)18-8-19-15(14)17)13-11-6-4-3-5-7-12(11)21-16(13)22/h3-8H,1-2H3,(H,21,22)(H2,17,18,19)/b20-9+. The average Bonchev–Trinajstić information content (AvgIpc) is 2.64. The Kier molecular flexibility index (Phi) is 3.42. The summed E-state index contributed by atoms with van der Waals surface area (Å²) < 4.78 is 0. The number of aromatic amines is 1. The number of nitrogens with two attached hydrogens (primary N) is 1. The van der Waals surface area contributed by atoms with Crippen LogP contribution in [0.4, 0.5) is 11.5 Å². The summed E-state index contributed by atoms with van der Waals surface area (Å²) in [4.78, 5) is 27.6. The molecule has 0 fully saturated rings. The van der Waals surface area contributed by atoms with E-state index in [2.05, 4.69) is 19.9 Å². The zero-order chi connectivity index (χ0) is 15.7. The van der Waals surface area contributed by atoms with Gasteiger partial charge in [-0.25, -0.2) is 15.0 Å². The predicted octanol–water partition coefficient (Wildman–Crippen LogP) is 2.30. The lowest BCUT2D eigenvalue weighted by Crippen LogP contribution is -2.10. The van der Waals surface area contributed by atoms with Crippen LogP contribution >= 0.6 is 0 Å². The van der Waals surface area contributed by atoms with E-state index in [1.807, 2.05) is 30.3 Å². The maximum absolute atomic E-state index is 12.2. The lowest BCUT2D eigenvalue weighted by molar-refractivity contribution is 1.10. The molecule has 0 radical (unpaired) electrons. The summed E-state index contributed by atoms with van der Waals surface area (Å²) in [5, 5.41) is 0. The Morgan fingerprint density at radius 2 is 2.00 bits per heavy atom. The first-order valence-electron chi connectivity index (χ1n) is 6.81. The Bertz CT molecular complexity index is 877. The number of anilines is 1. The number of aromatic nitrogens is 3. The fraction of sp³-hybridized carbons (Fsp3) is 0.125. The summed E-state index contributed by atoms with van der Waals surface area (Å²) in [5.41, 5.74) is 9.55. The van der Waals surface area contributed by atoms with E-state index >= 15 is 0 Å². The fourth-order valence-corrected chi connectivity index (χ4v) is 2.39. The van der Waals surface area contributed by atoms with Crippen molar-refractivity contribution < 1.29 is 0 Å². The van der Waals surface area contributed by atoms with Gasteiger partial charge in [0.1, 0.15) is 12.0 Å². The van der Waals surface area contributed by atoms with Crippen LogP contribution < -0.4 is 11.3 Å². The molecule has 0 bridgehead atoms. The lowest BCUT2D eigenvalue weighted by Gasteiger charge is -2.04. The van der Waals surface area contributed by atoms with Gasteiger partial charge in [-0.05, 0) is 19.9 Å². The van der Waals surface area contributed by atoms with E-state index in [-0.39, 0.29) is 5.56 Å². The smallest absolute Gasteiger partial charge is 0.258 e. The first-order valence-corrected chi connectivity index (χ1v) is 6.81. The second-order valence-electron chi connectivity index (χ2n) is 4.96. The van der Waals surface area contributed by atoms with Gasteiger partial charge in [-0.2, -0.15) is 0 Å². The molecule has 1 aliphatic carbocycles. The van der Waals surface area contributed by atoms with Gasteiger partial charge in [0.15, 0.2) is 5.82 Å². The van der Waals surface area contributed by atoms with Gasteiger partial charge in [0.2, 0.25) is 0 Å². The minimum absolute atomic E-state index is 0.171. The summed E-state index contributed by atoms with van der Waals surface area (Å²) >= 11 is 0. The Labute approximate surface area is 127 Å². The van der Waals surface area contributed by atoms with Crippen molar-refractivity contribution >= 4 is 17.2 Å². The number of hydrogen-bond acceptors (Lipinski definition) is 5. The number of nitrogens with zero attached hydrogens (tertiary/aromatic N) is 3. The van der Waals surface area contributed by atoms with Crippen molar-refractivity contribution in [2.45, 2.75) is 13.8 Å². The van der Waals surface area contributed by atoms with Crippen LogP contribution in [0.2, 0.25) is 0 Å². The molecule has 0 amide bonds. The Morgan fingerprint density at radius 1 is 1.23 bits per heavy atom. The van der Waals surface area contributed by atoms with Gasteiger partial charge in [0, 0.05) is 11.3 Å². The quantitative estimate of drug-likeness (QED) is 0.708. The van der Waals surface area contributed by atoms with Crippen molar-refractivity contribution in [3.63, 3.8) is 0 Å². The van der Waals surface area contributed by atoms with E-state index in [4.69, 9.17) is 5.73 Å². The molecule has 2 heterocycles. The maximum atomic E-state index is 12.2. The van der Waals surface area contributed by atoms with Crippen molar-refractivity contribution in [2.24, 2.45) is 4.99 Å². The number of aliphatic imine (C=N–C) groups is 1. The highest BCUT2D eigenvalue weighted by Crippen LogP contribution is 2.26. The van der Waals surface area contributed by atoms with Crippen LogP contribution in [0.3, 0.4) is 0 Å². The zero-order valence-corrected chi connectivity index (χ0v) is 12.3. The monoisotopic (exact) mass is 293 g/mol. The van der Waals surface area contributed by atoms with Crippen LogP contribution in [0.5, 0.6) is 0 Å². The molecule has 0 aromatic carbocycles. The molecular formula is C16H15N5O. The minimum Gasteiger partial charge on any atom is -0.382 e. The van der Waals surface area contributed by atoms with Crippen LogP contribution in [0, 0.1) is 6.92 Å². The van der Waals surface area contributed by atoms with Crippen molar-refractivity contribution in [3.8, 4) is 11.3 Å². The van der Waals surface area contributed by atoms with Crippen LogP contribution in [-0.4, -0.2) is 20.7 Å². The van der Waals surface area contributed by atoms with E-state index in [0.29, 0.717) is 28.5 Å². The molecule has 3 N–H and O–H groups in total. The summed E-state index contributed by atoms with van der Waals surface area (Å²) in [6, 6.07) is 9.42. The molecule has 22 heavy (non-hydrogen) atoms. The summed E-state index contributed by atoms with van der Waals surface area (Å²) in [6.45, 7) is 3.58. The Morgan fingerprint density at radius 3 is 2.77 bits per heavy atom. The van der Waals surface area contributed by atoms with Crippen molar-refractivity contribution in [1.82, 2.24) is 15.0 Å². The number of fused-ring (bicyclic) bond motifs is 1. The Hall–Kier alpha value is -3.02. The molecule has 1 aromatic rings. The van der Waals surface area contributed by atoms with Crippen molar-refractivity contribution in [2.75, 3.05) is 5.73 Å². The first kappa shape index (κ1) is 13.9. The van der Waals surface area contributed by atoms with Crippen LogP contribution in [0.1, 0.15) is 18.2 Å². The van der Waals surface area contributed by atoms with Gasteiger partial charge < -0.3 is 10.7 Å². The molecule has 1 aromatic heterocycles. The highest BCUT2D eigenvalue weighted by atomic mass is 16.1. The molecule has 2 aliphatic rings. The van der Waals surface area contributed by atoms with Crippen molar-refractivity contribution in [3.05, 3.63) is 58.3 Å².